The van der Waals surface area contributed by atoms with Crippen molar-refractivity contribution in [2.75, 3.05) is 9.80 Å². The summed E-state index contributed by atoms with van der Waals surface area (Å²) in [5, 5.41) is 13.8. The van der Waals surface area contributed by atoms with Crippen molar-refractivity contribution in [1.82, 2.24) is 19.1 Å². The highest BCUT2D eigenvalue weighted by Crippen LogP contribution is 2.46. The maximum atomic E-state index is 6.82. The molecule has 0 radical (unpaired) electrons. The van der Waals surface area contributed by atoms with Crippen LogP contribution in [0.4, 0.5) is 34.1 Å². The van der Waals surface area contributed by atoms with Gasteiger partial charge >= 0.3 is 0 Å². The fourth-order valence-electron chi connectivity index (χ4n) is 16.9. The number of fused-ring (bicyclic) bond motifs is 14. The first-order chi connectivity index (χ1) is 54.5. The largest absolute Gasteiger partial charge is 0.436 e. The first-order valence-electron chi connectivity index (χ1n) is 37.3. The second-order valence-corrected chi connectivity index (χ2v) is 28.4. The number of anilines is 6. The van der Waals surface area contributed by atoms with E-state index in [0.29, 0.717) is 11.8 Å². The Hall–Kier alpha value is -14.9. The minimum Gasteiger partial charge on any atom is -0.436 e. The molecule has 0 aliphatic rings. The Labute approximate surface area is 632 Å². The number of hydrogen-bond acceptors (Lipinski definition) is 6. The molecule has 0 fully saturated rings. The van der Waals surface area contributed by atoms with E-state index in [-0.39, 0.29) is 0 Å². The van der Waals surface area contributed by atoms with Gasteiger partial charge in [-0.05, 0) is 236 Å². The van der Waals surface area contributed by atoms with Gasteiger partial charge < -0.3 is 27.8 Å². The molecular formula is C102H64N6O2. The van der Waals surface area contributed by atoms with E-state index in [1.807, 2.05) is 36.4 Å². The van der Waals surface area contributed by atoms with Crippen LogP contribution < -0.4 is 9.80 Å². The lowest BCUT2D eigenvalue weighted by molar-refractivity contribution is 0.620. The van der Waals surface area contributed by atoms with Gasteiger partial charge in [-0.15, -0.1) is 0 Å². The molecule has 0 amide bonds. The van der Waals surface area contributed by atoms with Crippen LogP contribution in [0.15, 0.2) is 397 Å². The van der Waals surface area contributed by atoms with Crippen molar-refractivity contribution >= 4 is 143 Å². The Balaban J connectivity index is 0.576. The third kappa shape index (κ3) is 10.4. The summed E-state index contributed by atoms with van der Waals surface area (Å²) in [6, 6.07) is 140. The van der Waals surface area contributed by atoms with Crippen LogP contribution in [0.3, 0.4) is 0 Å². The van der Waals surface area contributed by atoms with Crippen LogP contribution in [0, 0.1) is 0 Å². The van der Waals surface area contributed by atoms with Crippen molar-refractivity contribution in [3.63, 3.8) is 0 Å². The highest BCUT2D eigenvalue weighted by molar-refractivity contribution is 6.14. The lowest BCUT2D eigenvalue weighted by Gasteiger charge is -2.26. The van der Waals surface area contributed by atoms with Crippen LogP contribution in [-0.2, 0) is 0 Å². The van der Waals surface area contributed by atoms with Gasteiger partial charge in [-0.2, -0.15) is 0 Å². The fourth-order valence-corrected chi connectivity index (χ4v) is 16.9. The molecule has 0 spiro atoms. The smallest absolute Gasteiger partial charge is 0.227 e. The Morgan fingerprint density at radius 3 is 1.22 bits per heavy atom. The van der Waals surface area contributed by atoms with E-state index in [0.717, 1.165) is 145 Å². The summed E-state index contributed by atoms with van der Waals surface area (Å²) in [7, 11) is 0. The van der Waals surface area contributed by atoms with E-state index in [4.69, 9.17) is 18.8 Å². The van der Waals surface area contributed by atoms with Crippen molar-refractivity contribution in [2.45, 2.75) is 0 Å². The molecule has 22 aromatic rings. The first kappa shape index (κ1) is 62.5. The monoisotopic (exact) mass is 1400 g/mol. The highest BCUT2D eigenvalue weighted by atomic mass is 16.4. The molecule has 18 aromatic carbocycles. The van der Waals surface area contributed by atoms with Gasteiger partial charge in [0.1, 0.15) is 11.0 Å². The molecular weight excluding hydrogens is 1340 g/mol. The van der Waals surface area contributed by atoms with Gasteiger partial charge in [0.25, 0.3) is 0 Å². The molecule has 0 bridgehead atoms. The maximum Gasteiger partial charge on any atom is 0.227 e. The number of para-hydroxylation sites is 3. The molecule has 0 aliphatic carbocycles. The summed E-state index contributed by atoms with van der Waals surface area (Å²) in [5.74, 6) is 1.18. The third-order valence-corrected chi connectivity index (χ3v) is 22.1. The lowest BCUT2D eigenvalue weighted by Crippen LogP contribution is -2.10. The van der Waals surface area contributed by atoms with Crippen LogP contribution >= 0.6 is 0 Å². The summed E-state index contributed by atoms with van der Waals surface area (Å²) < 4.78 is 17.9. The van der Waals surface area contributed by atoms with E-state index in [1.54, 1.807) is 0 Å². The van der Waals surface area contributed by atoms with E-state index in [9.17, 15) is 0 Å². The third-order valence-electron chi connectivity index (χ3n) is 22.1. The number of benzene rings is 18. The van der Waals surface area contributed by atoms with Crippen molar-refractivity contribution in [2.24, 2.45) is 0 Å². The van der Waals surface area contributed by atoms with E-state index in [2.05, 4.69) is 371 Å². The number of aromatic nitrogens is 4. The number of nitrogens with zero attached hydrogens (tertiary/aromatic N) is 6. The maximum absolute atomic E-state index is 6.82. The Morgan fingerprint density at radius 2 is 0.636 bits per heavy atom. The average molecular weight is 1410 g/mol. The molecule has 0 N–H and O–H groups in total. The van der Waals surface area contributed by atoms with Gasteiger partial charge in [-0.25, -0.2) is 9.97 Å². The fraction of sp³-hybridized carbons (Fsp3) is 0. The van der Waals surface area contributed by atoms with Crippen molar-refractivity contribution in [1.29, 1.82) is 0 Å². The molecule has 110 heavy (non-hydrogen) atoms. The zero-order chi connectivity index (χ0) is 72.3. The van der Waals surface area contributed by atoms with Gasteiger partial charge in [-0.3, -0.25) is 0 Å². The topological polar surface area (TPSA) is 68.4 Å². The summed E-state index contributed by atoms with van der Waals surface area (Å²) in [6.07, 6.45) is 0. The van der Waals surface area contributed by atoms with Crippen LogP contribution in [0.25, 0.3) is 177 Å². The van der Waals surface area contributed by atoms with Crippen molar-refractivity contribution in [3.05, 3.63) is 388 Å². The quantitative estimate of drug-likeness (QED) is 0.115. The van der Waals surface area contributed by atoms with Gasteiger partial charge in [-0.1, -0.05) is 218 Å². The molecule has 514 valence electrons. The molecule has 8 nitrogen and oxygen atoms in total. The molecule has 0 saturated heterocycles. The molecule has 0 aliphatic heterocycles. The van der Waals surface area contributed by atoms with Gasteiger partial charge in [0.15, 0.2) is 11.2 Å². The van der Waals surface area contributed by atoms with Crippen LogP contribution in [0.1, 0.15) is 0 Å². The Bertz CT molecular complexity index is 7370. The SMILES string of the molecule is c1ccc(-c2nc3c(ccc4cc(N(c5ccc(-c6cccc7ccccc67)cc5)c5ccc6c(c5)c5ccccc5n6-c5ccc(-c6ccc(-c7nc8ccc9cc(N(c%10ccc(-c%11cccc%12ccccc%11%12)cc%10)c%10ccc%11c(c%10)c%10ccccc%10n%11-c%10ccccc%10)ccc9c8o7)cc6)cc5)ccc43)o2)cc1. The number of oxazole rings is 2. The summed E-state index contributed by atoms with van der Waals surface area (Å²) >= 11 is 0. The van der Waals surface area contributed by atoms with E-state index < -0.39 is 0 Å². The molecule has 0 unspecified atom stereocenters. The van der Waals surface area contributed by atoms with Gasteiger partial charge in [0.2, 0.25) is 11.8 Å². The van der Waals surface area contributed by atoms with Crippen LogP contribution in [0.2, 0.25) is 0 Å². The molecule has 0 atom stereocenters. The highest BCUT2D eigenvalue weighted by Gasteiger charge is 2.24. The molecule has 8 heteroatoms. The Kier molecular flexibility index (Phi) is 14.5. The first-order valence-corrected chi connectivity index (χ1v) is 37.3. The van der Waals surface area contributed by atoms with E-state index in [1.165, 1.54) is 54.3 Å². The summed E-state index contributed by atoms with van der Waals surface area (Å²) in [6.45, 7) is 0. The van der Waals surface area contributed by atoms with Crippen molar-refractivity contribution in [3.8, 4) is 67.7 Å². The molecule has 0 saturated carbocycles. The number of hydrogen-bond donors (Lipinski definition) is 0. The zero-order valence-corrected chi connectivity index (χ0v) is 59.5. The normalized spacial score (nSPS) is 11.8. The standard InChI is InChI=1S/C102H64N6O2/c1-3-19-71(20-4-1)102-104-99-87-55-51-79(61-73(87)44-60-98(99)109-102)105(76-47-39-69(40-48-76)85-29-15-21-67-17-7-9-25-83(67)85)81-54-59-97-92(64-81)90-28-12-14-32-95(90)108(97)78-45-37-66(38-46-78)65-33-35-72(36-34-65)101-103-93-57-43-74-62-80(52-56-88(74)100(93)110-101)106(77-49-41-70(42-50-77)86-30-16-22-68-18-8-10-26-84(68)86)82-53-58-96-91(63-82)89-27-11-13-31-94(89)107(96)75-23-5-2-6-24-75/h1-64H. The molecule has 4 aromatic heterocycles. The van der Waals surface area contributed by atoms with Gasteiger partial charge in [0.05, 0.1) is 22.1 Å². The summed E-state index contributed by atoms with van der Waals surface area (Å²) in [5.41, 5.74) is 25.0. The zero-order valence-electron chi connectivity index (χ0n) is 59.5. The van der Waals surface area contributed by atoms with Crippen LogP contribution in [-0.4, -0.2) is 19.1 Å². The second kappa shape index (κ2) is 25.4. The van der Waals surface area contributed by atoms with E-state index >= 15 is 0 Å². The molecule has 4 heterocycles. The second-order valence-electron chi connectivity index (χ2n) is 28.4. The lowest BCUT2D eigenvalue weighted by atomic mass is 9.98. The minimum absolute atomic E-state index is 0.575. The van der Waals surface area contributed by atoms with Gasteiger partial charge in [0, 0.05) is 88.9 Å². The Morgan fingerprint density at radius 1 is 0.227 bits per heavy atom. The predicted molar refractivity (Wildman–Crippen MR) is 457 cm³/mol. The van der Waals surface area contributed by atoms with Crippen LogP contribution in [0.5, 0.6) is 0 Å². The average Bonchev–Trinajstić information content (AvgIpc) is 1.56. The molecule has 22 rings (SSSR count). The van der Waals surface area contributed by atoms with Crippen molar-refractivity contribution < 1.29 is 8.83 Å². The predicted octanol–water partition coefficient (Wildman–Crippen LogP) is 28.1. The number of rotatable bonds is 13. The summed E-state index contributed by atoms with van der Waals surface area (Å²) in [4.78, 5) is 14.9. The minimum atomic E-state index is 0.575.